The third-order valence-corrected chi connectivity index (χ3v) is 5.90. The lowest BCUT2D eigenvalue weighted by Crippen LogP contribution is -2.28. The van der Waals surface area contributed by atoms with E-state index in [0.717, 1.165) is 19.9 Å². The lowest BCUT2D eigenvalue weighted by atomic mass is 10.2. The number of nitrogens with zero attached hydrogens (tertiary/aromatic N) is 2. The van der Waals surface area contributed by atoms with Crippen LogP contribution in [0.4, 0.5) is 5.82 Å². The largest absolute Gasteiger partial charge is 0.354 e. The zero-order chi connectivity index (χ0) is 16.0. The summed E-state index contributed by atoms with van der Waals surface area (Å²) in [5, 5.41) is 4.89. The standard InChI is InChI=1S/C16H10Br2N2O2S/c17-10-3-1-9(2-4-10)16-20(14(21)8-23-16)15-12-7-11(18)5-6-13(12)22-19-15/h1-7,16H,8H2. The van der Waals surface area contributed by atoms with Crippen LogP contribution in [-0.4, -0.2) is 16.8 Å². The van der Waals surface area contributed by atoms with Crippen molar-refractivity contribution in [1.29, 1.82) is 0 Å². The third-order valence-electron chi connectivity index (χ3n) is 3.66. The van der Waals surface area contributed by atoms with Crippen LogP contribution in [0.25, 0.3) is 11.0 Å². The number of hydrogen-bond donors (Lipinski definition) is 0. The maximum Gasteiger partial charge on any atom is 0.239 e. The first kappa shape index (κ1) is 15.2. The van der Waals surface area contributed by atoms with E-state index in [0.29, 0.717) is 17.2 Å². The molecular formula is C16H10Br2N2O2S. The van der Waals surface area contributed by atoms with Crippen molar-refractivity contribution >= 4 is 66.3 Å². The average Bonchev–Trinajstić information content (AvgIpc) is 3.11. The molecule has 7 heteroatoms. The van der Waals surface area contributed by atoms with Crippen molar-refractivity contribution in [2.45, 2.75) is 5.37 Å². The molecule has 0 bridgehead atoms. The quantitative estimate of drug-likeness (QED) is 0.539. The molecule has 2 aromatic carbocycles. The van der Waals surface area contributed by atoms with Crippen molar-refractivity contribution in [1.82, 2.24) is 5.16 Å². The molecule has 1 amide bonds. The Morgan fingerprint density at radius 1 is 1.13 bits per heavy atom. The summed E-state index contributed by atoms with van der Waals surface area (Å²) in [5.74, 6) is 1.05. The molecule has 1 aromatic heterocycles. The van der Waals surface area contributed by atoms with Crippen LogP contribution >= 0.6 is 43.6 Å². The Morgan fingerprint density at radius 3 is 2.65 bits per heavy atom. The number of hydrogen-bond acceptors (Lipinski definition) is 4. The fraction of sp³-hybridized carbons (Fsp3) is 0.125. The van der Waals surface area contributed by atoms with Gasteiger partial charge in [0.05, 0.1) is 11.1 Å². The second-order valence-electron chi connectivity index (χ2n) is 5.13. The highest BCUT2D eigenvalue weighted by atomic mass is 79.9. The van der Waals surface area contributed by atoms with E-state index < -0.39 is 0 Å². The minimum absolute atomic E-state index is 0.0399. The number of carbonyl (C=O) groups is 1. The van der Waals surface area contributed by atoms with Crippen molar-refractivity contribution in [3.05, 3.63) is 57.0 Å². The molecule has 0 radical (unpaired) electrons. The predicted octanol–water partition coefficient (Wildman–Crippen LogP) is 5.13. The number of thioether (sulfide) groups is 1. The zero-order valence-electron chi connectivity index (χ0n) is 11.7. The van der Waals surface area contributed by atoms with Gasteiger partial charge in [0.1, 0.15) is 5.37 Å². The number of rotatable bonds is 2. The predicted molar refractivity (Wildman–Crippen MR) is 98.5 cm³/mol. The monoisotopic (exact) mass is 452 g/mol. The van der Waals surface area contributed by atoms with Gasteiger partial charge >= 0.3 is 0 Å². The summed E-state index contributed by atoms with van der Waals surface area (Å²) in [4.78, 5) is 14.2. The molecule has 1 unspecified atom stereocenters. The van der Waals surface area contributed by atoms with E-state index in [2.05, 4.69) is 37.0 Å². The average molecular weight is 454 g/mol. The van der Waals surface area contributed by atoms with E-state index in [9.17, 15) is 4.79 Å². The first-order valence-corrected chi connectivity index (χ1v) is 9.51. The van der Waals surface area contributed by atoms with E-state index >= 15 is 0 Å². The molecule has 3 aromatic rings. The highest BCUT2D eigenvalue weighted by Crippen LogP contribution is 2.43. The number of aromatic nitrogens is 1. The van der Waals surface area contributed by atoms with Crippen LogP contribution in [0.5, 0.6) is 0 Å². The lowest BCUT2D eigenvalue weighted by molar-refractivity contribution is -0.115. The van der Waals surface area contributed by atoms with Gasteiger partial charge in [0.15, 0.2) is 11.4 Å². The third kappa shape index (κ3) is 2.70. The molecule has 1 atom stereocenters. The minimum Gasteiger partial charge on any atom is -0.354 e. The summed E-state index contributed by atoms with van der Waals surface area (Å²) in [6.07, 6.45) is 0. The molecular weight excluding hydrogens is 444 g/mol. The van der Waals surface area contributed by atoms with Gasteiger partial charge in [-0.3, -0.25) is 9.69 Å². The van der Waals surface area contributed by atoms with Crippen LogP contribution in [0.3, 0.4) is 0 Å². The SMILES string of the molecule is O=C1CSC(c2ccc(Br)cc2)N1c1noc2ccc(Br)cc12. The second kappa shape index (κ2) is 5.96. The van der Waals surface area contributed by atoms with Gasteiger partial charge in [-0.2, -0.15) is 0 Å². The van der Waals surface area contributed by atoms with Crippen molar-refractivity contribution in [2.24, 2.45) is 0 Å². The van der Waals surface area contributed by atoms with Gasteiger partial charge in [-0.25, -0.2) is 0 Å². The van der Waals surface area contributed by atoms with Crippen molar-refractivity contribution in [2.75, 3.05) is 10.7 Å². The molecule has 0 saturated carbocycles. The van der Waals surface area contributed by atoms with Crippen molar-refractivity contribution < 1.29 is 9.32 Å². The van der Waals surface area contributed by atoms with E-state index in [1.54, 1.807) is 16.7 Å². The van der Waals surface area contributed by atoms with Crippen molar-refractivity contribution in [3.8, 4) is 0 Å². The number of benzene rings is 2. The number of carbonyl (C=O) groups excluding carboxylic acids is 1. The second-order valence-corrected chi connectivity index (χ2v) is 8.03. The highest BCUT2D eigenvalue weighted by molar-refractivity contribution is 9.10. The molecule has 0 N–H and O–H groups in total. The Hall–Kier alpha value is -1.31. The zero-order valence-corrected chi connectivity index (χ0v) is 15.7. The Bertz CT molecular complexity index is 895. The maximum atomic E-state index is 12.5. The normalized spacial score (nSPS) is 18.1. The summed E-state index contributed by atoms with van der Waals surface area (Å²) >= 11 is 8.50. The molecule has 4 rings (SSSR count). The molecule has 1 fully saturated rings. The van der Waals surface area contributed by atoms with Gasteiger partial charge in [0.25, 0.3) is 0 Å². The number of amides is 1. The lowest BCUT2D eigenvalue weighted by Gasteiger charge is -2.21. The molecule has 0 aliphatic carbocycles. The summed E-state index contributed by atoms with van der Waals surface area (Å²) in [6, 6.07) is 13.7. The van der Waals surface area contributed by atoms with Crippen LogP contribution < -0.4 is 4.90 Å². The molecule has 2 heterocycles. The van der Waals surface area contributed by atoms with Crippen LogP contribution in [0.1, 0.15) is 10.9 Å². The van der Waals surface area contributed by atoms with Gasteiger partial charge < -0.3 is 4.52 Å². The fourth-order valence-electron chi connectivity index (χ4n) is 2.60. The van der Waals surface area contributed by atoms with E-state index in [4.69, 9.17) is 4.52 Å². The van der Waals surface area contributed by atoms with Gasteiger partial charge in [0.2, 0.25) is 5.91 Å². The maximum absolute atomic E-state index is 12.5. The van der Waals surface area contributed by atoms with Crippen LogP contribution in [0.2, 0.25) is 0 Å². The topological polar surface area (TPSA) is 46.3 Å². The molecule has 116 valence electrons. The number of anilines is 1. The first-order valence-electron chi connectivity index (χ1n) is 6.87. The van der Waals surface area contributed by atoms with Crippen molar-refractivity contribution in [3.63, 3.8) is 0 Å². The first-order chi connectivity index (χ1) is 11.1. The molecule has 1 aliphatic rings. The van der Waals surface area contributed by atoms with Crippen LogP contribution in [0.15, 0.2) is 55.9 Å². The van der Waals surface area contributed by atoms with Crippen LogP contribution in [0, 0.1) is 0 Å². The molecule has 0 spiro atoms. The Morgan fingerprint density at radius 2 is 1.87 bits per heavy atom. The van der Waals surface area contributed by atoms with Crippen LogP contribution in [-0.2, 0) is 4.79 Å². The van der Waals surface area contributed by atoms with E-state index in [1.807, 2.05) is 42.5 Å². The number of fused-ring (bicyclic) bond motifs is 1. The Kier molecular flexibility index (Phi) is 3.95. The summed E-state index contributed by atoms with van der Waals surface area (Å²) in [6.45, 7) is 0. The fourth-order valence-corrected chi connectivity index (χ4v) is 4.38. The molecule has 23 heavy (non-hydrogen) atoms. The number of halogens is 2. The minimum atomic E-state index is -0.0946. The summed E-state index contributed by atoms with van der Waals surface area (Å²) in [7, 11) is 0. The molecule has 4 nitrogen and oxygen atoms in total. The van der Waals surface area contributed by atoms with Gasteiger partial charge in [0, 0.05) is 8.95 Å². The summed E-state index contributed by atoms with van der Waals surface area (Å²) in [5.41, 5.74) is 1.73. The Balaban J connectivity index is 1.82. The smallest absolute Gasteiger partial charge is 0.239 e. The van der Waals surface area contributed by atoms with E-state index in [1.165, 1.54) is 0 Å². The highest BCUT2D eigenvalue weighted by Gasteiger charge is 2.36. The van der Waals surface area contributed by atoms with Gasteiger partial charge in [-0.15, -0.1) is 11.8 Å². The summed E-state index contributed by atoms with van der Waals surface area (Å²) < 4.78 is 7.32. The van der Waals surface area contributed by atoms with E-state index in [-0.39, 0.29) is 11.3 Å². The molecule has 1 aliphatic heterocycles. The van der Waals surface area contributed by atoms with Gasteiger partial charge in [-0.1, -0.05) is 49.1 Å². The Labute approximate surface area is 153 Å². The molecule has 1 saturated heterocycles. The van der Waals surface area contributed by atoms with Gasteiger partial charge in [-0.05, 0) is 35.9 Å².